The summed E-state index contributed by atoms with van der Waals surface area (Å²) in [6.45, 7) is 1.75. The summed E-state index contributed by atoms with van der Waals surface area (Å²) < 4.78 is 0. The number of amides is 3. The first-order valence-corrected chi connectivity index (χ1v) is 5.76. The van der Waals surface area contributed by atoms with E-state index < -0.39 is 0 Å². The number of rotatable bonds is 3. The Kier molecular flexibility index (Phi) is 3.41. The molecule has 18 heavy (non-hydrogen) atoms. The van der Waals surface area contributed by atoms with E-state index in [9.17, 15) is 14.4 Å². The van der Waals surface area contributed by atoms with E-state index in [1.165, 1.54) is 0 Å². The van der Waals surface area contributed by atoms with Crippen LogP contribution in [0.5, 0.6) is 0 Å². The van der Waals surface area contributed by atoms with Gasteiger partial charge in [0.15, 0.2) is 0 Å². The van der Waals surface area contributed by atoms with Gasteiger partial charge >= 0.3 is 0 Å². The highest BCUT2D eigenvalue weighted by molar-refractivity contribution is 6.06. The second-order valence-electron chi connectivity index (χ2n) is 4.29. The van der Waals surface area contributed by atoms with E-state index in [1.807, 2.05) is 19.1 Å². The fraction of sp³-hybridized carbons (Fsp3) is 0.308. The first kappa shape index (κ1) is 12.3. The van der Waals surface area contributed by atoms with E-state index in [1.54, 1.807) is 12.1 Å². The summed E-state index contributed by atoms with van der Waals surface area (Å²) in [5.41, 5.74) is 1.75. The predicted octanol–water partition coefficient (Wildman–Crippen LogP) is 1.08. The fourth-order valence-electron chi connectivity index (χ4n) is 1.78. The molecule has 0 spiro atoms. The molecular formula is C13H14N2O3. The number of carbonyl (C=O) groups excluding carboxylic acids is 3. The van der Waals surface area contributed by atoms with E-state index in [2.05, 4.69) is 5.32 Å². The third-order valence-electron chi connectivity index (χ3n) is 2.79. The van der Waals surface area contributed by atoms with Gasteiger partial charge in [-0.1, -0.05) is 17.7 Å². The van der Waals surface area contributed by atoms with Gasteiger partial charge in [0.05, 0.1) is 0 Å². The molecule has 94 valence electrons. The highest BCUT2D eigenvalue weighted by Gasteiger charge is 2.30. The zero-order valence-corrected chi connectivity index (χ0v) is 10.1. The maximum absolute atomic E-state index is 11.7. The summed E-state index contributed by atoms with van der Waals surface area (Å²) in [4.78, 5) is 35.4. The van der Waals surface area contributed by atoms with Crippen LogP contribution >= 0.6 is 0 Å². The van der Waals surface area contributed by atoms with Crippen LogP contribution in [0, 0.1) is 6.92 Å². The minimum absolute atomic E-state index is 0.203. The van der Waals surface area contributed by atoms with E-state index in [0.29, 0.717) is 5.69 Å². The lowest BCUT2D eigenvalue weighted by Crippen LogP contribution is -2.36. The average molecular weight is 246 g/mol. The van der Waals surface area contributed by atoms with Gasteiger partial charge in [0, 0.05) is 18.5 Å². The van der Waals surface area contributed by atoms with Crippen LogP contribution < -0.4 is 5.32 Å². The number of nitrogens with zero attached hydrogens (tertiary/aromatic N) is 1. The number of hydrogen-bond acceptors (Lipinski definition) is 3. The molecule has 0 radical (unpaired) electrons. The molecule has 2 rings (SSSR count). The molecule has 5 heteroatoms. The van der Waals surface area contributed by atoms with E-state index in [0.717, 1.165) is 10.5 Å². The molecule has 1 aromatic rings. The Balaban J connectivity index is 1.94. The molecule has 1 aromatic carbocycles. The minimum Gasteiger partial charge on any atom is -0.325 e. The Bertz CT molecular complexity index is 477. The highest BCUT2D eigenvalue weighted by Crippen LogP contribution is 2.12. The second kappa shape index (κ2) is 5.00. The topological polar surface area (TPSA) is 66.5 Å². The number of likely N-dealkylation sites (tertiary alicyclic amines) is 1. The average Bonchev–Trinajstić information content (AvgIpc) is 2.64. The number of imide groups is 1. The van der Waals surface area contributed by atoms with Crippen LogP contribution in [0.2, 0.25) is 0 Å². The first-order valence-electron chi connectivity index (χ1n) is 5.76. The van der Waals surface area contributed by atoms with Gasteiger partial charge in [0.25, 0.3) is 0 Å². The quantitative estimate of drug-likeness (QED) is 0.812. The first-order chi connectivity index (χ1) is 8.56. The summed E-state index contributed by atoms with van der Waals surface area (Å²) >= 11 is 0. The summed E-state index contributed by atoms with van der Waals surface area (Å²) in [6, 6.07) is 7.31. The van der Waals surface area contributed by atoms with Crippen molar-refractivity contribution in [3.8, 4) is 0 Å². The minimum atomic E-state index is -0.359. The van der Waals surface area contributed by atoms with Crippen LogP contribution in [0.1, 0.15) is 18.4 Å². The SMILES string of the molecule is Cc1ccc(NC(=O)CN2C(=O)CCC2=O)cc1. The molecule has 1 fully saturated rings. The molecule has 0 bridgehead atoms. The van der Waals surface area contributed by atoms with Gasteiger partial charge in [-0.2, -0.15) is 0 Å². The van der Waals surface area contributed by atoms with Gasteiger partial charge in [0.1, 0.15) is 6.54 Å². The van der Waals surface area contributed by atoms with Gasteiger partial charge in [-0.05, 0) is 19.1 Å². The number of carbonyl (C=O) groups is 3. The van der Waals surface area contributed by atoms with Gasteiger partial charge in [-0.3, -0.25) is 19.3 Å². The van der Waals surface area contributed by atoms with Gasteiger partial charge < -0.3 is 5.32 Å². The van der Waals surface area contributed by atoms with Crippen molar-refractivity contribution in [1.82, 2.24) is 4.90 Å². The third kappa shape index (κ3) is 2.74. The number of anilines is 1. The van der Waals surface area contributed by atoms with E-state index in [4.69, 9.17) is 0 Å². The second-order valence-corrected chi connectivity index (χ2v) is 4.29. The lowest BCUT2D eigenvalue weighted by molar-refractivity contribution is -0.141. The Morgan fingerprint density at radius 2 is 1.72 bits per heavy atom. The number of aryl methyl sites for hydroxylation is 1. The van der Waals surface area contributed by atoms with Crippen molar-refractivity contribution in [2.75, 3.05) is 11.9 Å². The molecule has 1 aliphatic heterocycles. The van der Waals surface area contributed by atoms with Crippen molar-refractivity contribution in [1.29, 1.82) is 0 Å². The zero-order chi connectivity index (χ0) is 13.1. The number of benzene rings is 1. The Morgan fingerprint density at radius 3 is 2.28 bits per heavy atom. The van der Waals surface area contributed by atoms with Crippen LogP contribution in [0.15, 0.2) is 24.3 Å². The standard InChI is InChI=1S/C13H14N2O3/c1-9-2-4-10(5-3-9)14-11(16)8-15-12(17)6-7-13(15)18/h2-5H,6-8H2,1H3,(H,14,16). The smallest absolute Gasteiger partial charge is 0.244 e. The number of hydrogen-bond donors (Lipinski definition) is 1. The fourth-order valence-corrected chi connectivity index (χ4v) is 1.78. The maximum Gasteiger partial charge on any atom is 0.244 e. The Hall–Kier alpha value is -2.17. The Labute approximate surface area is 105 Å². The van der Waals surface area contributed by atoms with Crippen molar-refractivity contribution < 1.29 is 14.4 Å². The van der Waals surface area contributed by atoms with Gasteiger partial charge in [0.2, 0.25) is 17.7 Å². The highest BCUT2D eigenvalue weighted by atomic mass is 16.2. The predicted molar refractivity (Wildman–Crippen MR) is 65.8 cm³/mol. The summed E-state index contributed by atoms with van der Waals surface area (Å²) in [6.07, 6.45) is 0.410. The zero-order valence-electron chi connectivity index (χ0n) is 10.1. The van der Waals surface area contributed by atoms with Gasteiger partial charge in [-0.25, -0.2) is 0 Å². The van der Waals surface area contributed by atoms with Crippen LogP contribution in [0.25, 0.3) is 0 Å². The maximum atomic E-state index is 11.7. The molecule has 0 aromatic heterocycles. The van der Waals surface area contributed by atoms with Crippen LogP contribution in [0.3, 0.4) is 0 Å². The molecule has 5 nitrogen and oxygen atoms in total. The molecular weight excluding hydrogens is 232 g/mol. The van der Waals surface area contributed by atoms with E-state index >= 15 is 0 Å². The summed E-state index contributed by atoms with van der Waals surface area (Å²) in [5, 5.41) is 2.65. The molecule has 1 N–H and O–H groups in total. The number of nitrogens with one attached hydrogen (secondary N) is 1. The van der Waals surface area contributed by atoms with Crippen molar-refractivity contribution in [2.45, 2.75) is 19.8 Å². The normalized spacial score (nSPS) is 15.1. The van der Waals surface area contributed by atoms with E-state index in [-0.39, 0.29) is 37.1 Å². The Morgan fingerprint density at radius 1 is 1.17 bits per heavy atom. The largest absolute Gasteiger partial charge is 0.325 e. The van der Waals surface area contributed by atoms with Crippen LogP contribution in [0.4, 0.5) is 5.69 Å². The van der Waals surface area contributed by atoms with Crippen molar-refractivity contribution in [3.05, 3.63) is 29.8 Å². The third-order valence-corrected chi connectivity index (χ3v) is 2.79. The van der Waals surface area contributed by atoms with Crippen molar-refractivity contribution in [3.63, 3.8) is 0 Å². The van der Waals surface area contributed by atoms with Crippen molar-refractivity contribution >= 4 is 23.4 Å². The molecule has 0 aliphatic carbocycles. The molecule has 0 saturated carbocycles. The summed E-state index contributed by atoms with van der Waals surface area (Å²) in [5.74, 6) is -0.916. The molecule has 0 unspecified atom stereocenters. The van der Waals surface area contributed by atoms with Crippen LogP contribution in [-0.2, 0) is 14.4 Å². The molecule has 1 saturated heterocycles. The monoisotopic (exact) mass is 246 g/mol. The summed E-state index contributed by atoms with van der Waals surface area (Å²) in [7, 11) is 0. The molecule has 3 amide bonds. The van der Waals surface area contributed by atoms with Crippen molar-refractivity contribution in [2.24, 2.45) is 0 Å². The molecule has 0 atom stereocenters. The molecule has 1 aliphatic rings. The van der Waals surface area contributed by atoms with Crippen LogP contribution in [-0.4, -0.2) is 29.2 Å². The lowest BCUT2D eigenvalue weighted by Gasteiger charge is -2.13. The van der Waals surface area contributed by atoms with Gasteiger partial charge in [-0.15, -0.1) is 0 Å². The molecule has 1 heterocycles. The lowest BCUT2D eigenvalue weighted by atomic mass is 10.2.